The average Bonchev–Trinajstić information content (AvgIpc) is 2.84. The van der Waals surface area contributed by atoms with Gasteiger partial charge in [-0.3, -0.25) is 14.4 Å². The van der Waals surface area contributed by atoms with E-state index in [0.29, 0.717) is 12.0 Å². The van der Waals surface area contributed by atoms with Gasteiger partial charge in [-0.05, 0) is 72.8 Å². The molecule has 1 saturated carbocycles. The van der Waals surface area contributed by atoms with Crippen LogP contribution >= 0.6 is 0 Å². The van der Waals surface area contributed by atoms with Crippen molar-refractivity contribution in [3.8, 4) is 0 Å². The summed E-state index contributed by atoms with van der Waals surface area (Å²) in [5.74, 6) is -1.05. The third-order valence-corrected chi connectivity index (χ3v) is 4.49. The maximum Gasteiger partial charge on any atom is 0.324 e. The Kier molecular flexibility index (Phi) is 4.45. The van der Waals surface area contributed by atoms with Crippen LogP contribution in [0.4, 0.5) is 0 Å². The Hall–Kier alpha value is -1.65. The second-order valence-electron chi connectivity index (χ2n) is 8.94. The van der Waals surface area contributed by atoms with Gasteiger partial charge in [0.1, 0.15) is 11.2 Å². The maximum atomic E-state index is 12.9. The molecule has 2 aliphatic carbocycles. The molecule has 2 aliphatic rings. The lowest BCUT2D eigenvalue weighted by atomic mass is 9.83. The molecule has 134 valence electrons. The first-order chi connectivity index (χ1) is 10.8. The summed E-state index contributed by atoms with van der Waals surface area (Å²) in [4.78, 5) is 37.7. The van der Waals surface area contributed by atoms with Gasteiger partial charge in [0.25, 0.3) is 0 Å². The predicted molar refractivity (Wildman–Crippen MR) is 89.2 cm³/mol. The van der Waals surface area contributed by atoms with Crippen LogP contribution in [0.15, 0.2) is 11.1 Å². The quantitative estimate of drug-likeness (QED) is 0.571. The van der Waals surface area contributed by atoms with Crippen molar-refractivity contribution in [3.05, 3.63) is 11.1 Å². The summed E-state index contributed by atoms with van der Waals surface area (Å²) in [6.45, 7) is 12.4. The van der Waals surface area contributed by atoms with Crippen molar-refractivity contribution in [1.29, 1.82) is 0 Å². The Morgan fingerprint density at radius 3 is 1.83 bits per heavy atom. The summed E-state index contributed by atoms with van der Waals surface area (Å²) in [6.07, 6.45) is 0.878. The topological polar surface area (TPSA) is 69.7 Å². The fourth-order valence-electron chi connectivity index (χ4n) is 3.42. The van der Waals surface area contributed by atoms with Crippen LogP contribution in [0, 0.1) is 11.3 Å². The molecule has 0 radical (unpaired) electrons. The molecule has 5 heteroatoms. The number of carbonyl (C=O) groups is 3. The number of esters is 2. The first kappa shape index (κ1) is 18.7. The Bertz CT molecular complexity index is 585. The van der Waals surface area contributed by atoms with Crippen molar-refractivity contribution in [2.45, 2.75) is 78.9 Å². The first-order valence-corrected chi connectivity index (χ1v) is 8.45. The van der Waals surface area contributed by atoms with Gasteiger partial charge in [0.2, 0.25) is 0 Å². The monoisotopic (exact) mass is 336 g/mol. The minimum atomic E-state index is -1.34. The van der Waals surface area contributed by atoms with E-state index >= 15 is 0 Å². The van der Waals surface area contributed by atoms with Gasteiger partial charge in [-0.1, -0.05) is 5.57 Å². The molecule has 0 N–H and O–H groups in total. The van der Waals surface area contributed by atoms with Crippen molar-refractivity contribution in [2.24, 2.45) is 11.3 Å². The summed E-state index contributed by atoms with van der Waals surface area (Å²) < 4.78 is 11.1. The highest BCUT2D eigenvalue weighted by Gasteiger charge is 2.59. The smallest absolute Gasteiger partial charge is 0.324 e. The molecule has 24 heavy (non-hydrogen) atoms. The summed E-state index contributed by atoms with van der Waals surface area (Å²) >= 11 is 0. The number of rotatable bonds is 2. The zero-order valence-electron chi connectivity index (χ0n) is 15.7. The SMILES string of the molecule is CC1=C2CC(C(=O)OC(C)(C)C)(C(=O)OC(C)(C)C)C[C@H]2CC1=O. The molecule has 0 aromatic rings. The first-order valence-electron chi connectivity index (χ1n) is 8.45. The highest BCUT2D eigenvalue weighted by Crippen LogP contribution is 2.53. The molecule has 1 fully saturated rings. The van der Waals surface area contributed by atoms with E-state index in [1.807, 2.05) is 0 Å². The zero-order valence-corrected chi connectivity index (χ0v) is 15.7. The molecule has 0 aromatic heterocycles. The van der Waals surface area contributed by atoms with Crippen LogP contribution in [0.25, 0.3) is 0 Å². The standard InChI is InChI=1S/C19H28O5/c1-11-13-10-19(9-12(13)8-14(11)20,15(21)23-17(2,3)4)16(22)24-18(5,6)7/h12H,8-10H2,1-7H3/t12-/m1/s1. The molecular weight excluding hydrogens is 308 g/mol. The predicted octanol–water partition coefficient (Wildman–Crippen LogP) is 3.36. The van der Waals surface area contributed by atoms with Crippen molar-refractivity contribution >= 4 is 17.7 Å². The molecule has 0 unspecified atom stereocenters. The fraction of sp³-hybridized carbons (Fsp3) is 0.737. The Morgan fingerprint density at radius 1 is 1.00 bits per heavy atom. The molecular formula is C19H28O5. The molecule has 0 aliphatic heterocycles. The summed E-state index contributed by atoms with van der Waals surface area (Å²) in [5.41, 5.74) is -1.13. The molecule has 0 heterocycles. The molecule has 0 aromatic carbocycles. The van der Waals surface area contributed by atoms with E-state index in [9.17, 15) is 14.4 Å². The Labute approximate surface area is 143 Å². The molecule has 2 rings (SSSR count). The van der Waals surface area contributed by atoms with E-state index in [4.69, 9.17) is 9.47 Å². The third-order valence-electron chi connectivity index (χ3n) is 4.49. The number of hydrogen-bond acceptors (Lipinski definition) is 5. The van der Waals surface area contributed by atoms with E-state index in [0.717, 1.165) is 5.57 Å². The lowest BCUT2D eigenvalue weighted by molar-refractivity contribution is -0.185. The van der Waals surface area contributed by atoms with Crippen LogP contribution in [0.3, 0.4) is 0 Å². The van der Waals surface area contributed by atoms with Gasteiger partial charge in [0.05, 0.1) is 0 Å². The van der Waals surface area contributed by atoms with Crippen molar-refractivity contribution in [1.82, 2.24) is 0 Å². The average molecular weight is 336 g/mol. The minimum Gasteiger partial charge on any atom is -0.459 e. The number of carbonyl (C=O) groups excluding carboxylic acids is 3. The van der Waals surface area contributed by atoms with E-state index in [1.165, 1.54) is 0 Å². The van der Waals surface area contributed by atoms with Gasteiger partial charge in [-0.15, -0.1) is 0 Å². The normalized spacial score (nSPS) is 23.3. The van der Waals surface area contributed by atoms with E-state index in [2.05, 4.69) is 0 Å². The van der Waals surface area contributed by atoms with E-state index in [-0.39, 0.29) is 24.5 Å². The maximum absolute atomic E-state index is 12.9. The second-order valence-corrected chi connectivity index (χ2v) is 8.94. The van der Waals surface area contributed by atoms with E-state index in [1.54, 1.807) is 48.5 Å². The van der Waals surface area contributed by atoms with Crippen LogP contribution in [0.5, 0.6) is 0 Å². The highest BCUT2D eigenvalue weighted by atomic mass is 16.6. The Morgan fingerprint density at radius 2 is 1.46 bits per heavy atom. The van der Waals surface area contributed by atoms with Crippen LogP contribution in [-0.2, 0) is 23.9 Å². The fourth-order valence-corrected chi connectivity index (χ4v) is 3.42. The van der Waals surface area contributed by atoms with Gasteiger partial charge in [-0.2, -0.15) is 0 Å². The van der Waals surface area contributed by atoms with Gasteiger partial charge in [-0.25, -0.2) is 0 Å². The van der Waals surface area contributed by atoms with Crippen molar-refractivity contribution in [3.63, 3.8) is 0 Å². The minimum absolute atomic E-state index is 0.0578. The van der Waals surface area contributed by atoms with Gasteiger partial charge in [0, 0.05) is 6.42 Å². The van der Waals surface area contributed by atoms with Gasteiger partial charge >= 0.3 is 11.9 Å². The summed E-state index contributed by atoms with van der Waals surface area (Å²) in [7, 11) is 0. The highest BCUT2D eigenvalue weighted by molar-refractivity contribution is 6.04. The number of hydrogen-bond donors (Lipinski definition) is 0. The largest absolute Gasteiger partial charge is 0.459 e. The second kappa shape index (κ2) is 5.71. The van der Waals surface area contributed by atoms with E-state index < -0.39 is 28.6 Å². The van der Waals surface area contributed by atoms with Crippen molar-refractivity contribution < 1.29 is 23.9 Å². The summed E-state index contributed by atoms with van der Waals surface area (Å²) in [6, 6.07) is 0. The summed E-state index contributed by atoms with van der Waals surface area (Å²) in [5, 5.41) is 0. The molecule has 0 saturated heterocycles. The van der Waals surface area contributed by atoms with Crippen LogP contribution in [-0.4, -0.2) is 28.9 Å². The number of ether oxygens (including phenoxy) is 2. The number of Topliss-reactive ketones (excluding diaryl/α,β-unsaturated/α-hetero) is 1. The van der Waals surface area contributed by atoms with Crippen LogP contribution in [0.1, 0.15) is 67.7 Å². The molecule has 0 spiro atoms. The number of ketones is 1. The lowest BCUT2D eigenvalue weighted by Crippen LogP contribution is -2.45. The van der Waals surface area contributed by atoms with Crippen LogP contribution < -0.4 is 0 Å². The molecule has 0 bridgehead atoms. The molecule has 1 atom stereocenters. The lowest BCUT2D eigenvalue weighted by Gasteiger charge is -2.32. The number of allylic oxidation sites excluding steroid dienone is 2. The molecule has 5 nitrogen and oxygen atoms in total. The Balaban J connectivity index is 2.40. The van der Waals surface area contributed by atoms with Gasteiger partial charge < -0.3 is 9.47 Å². The molecule has 0 amide bonds. The zero-order chi connectivity index (χ0) is 18.5. The third kappa shape index (κ3) is 3.55. The van der Waals surface area contributed by atoms with Crippen LogP contribution in [0.2, 0.25) is 0 Å². The van der Waals surface area contributed by atoms with Gasteiger partial charge in [0.15, 0.2) is 11.2 Å². The van der Waals surface area contributed by atoms with Crippen molar-refractivity contribution in [2.75, 3.05) is 0 Å². The number of fused-ring (bicyclic) bond motifs is 1.